The lowest BCUT2D eigenvalue weighted by atomic mass is 10.2. The van der Waals surface area contributed by atoms with E-state index in [1.54, 1.807) is 61.0 Å². The molecule has 4 aromatic heterocycles. The lowest BCUT2D eigenvalue weighted by Crippen LogP contribution is -2.28. The third-order valence-electron chi connectivity index (χ3n) is 9.46. The van der Waals surface area contributed by atoms with Crippen LogP contribution in [0.2, 0.25) is 0 Å². The predicted molar refractivity (Wildman–Crippen MR) is 208 cm³/mol. The first-order chi connectivity index (χ1) is 28.9. The lowest BCUT2D eigenvalue weighted by Gasteiger charge is -2.24. The molecule has 60 heavy (non-hydrogen) atoms. The normalized spacial score (nSPS) is 23.1. The Morgan fingerprint density at radius 3 is 2.62 bits per heavy atom. The first-order valence-corrected chi connectivity index (χ1v) is 21.3. The number of anilines is 2. The van der Waals surface area contributed by atoms with Crippen molar-refractivity contribution in [1.82, 2.24) is 34.1 Å². The number of H-pyrrole nitrogens is 1. The maximum absolute atomic E-state index is 14.2. The number of rotatable bonds is 17. The van der Waals surface area contributed by atoms with Crippen molar-refractivity contribution in [2.75, 3.05) is 30.5 Å². The van der Waals surface area contributed by atoms with Crippen molar-refractivity contribution in [1.29, 1.82) is 5.26 Å². The number of imidazole rings is 1. The molecule has 2 aliphatic rings. The van der Waals surface area contributed by atoms with E-state index in [0.29, 0.717) is 16.6 Å². The number of nitrogens with zero attached hydrogens (tertiary/aromatic N) is 7. The molecule has 0 radical (unpaired) electrons. The number of nitrogens with one attached hydrogen (secondary N) is 3. The number of carbonyl (C=O) groups excluding carboxylic acids is 2. The summed E-state index contributed by atoms with van der Waals surface area (Å²) in [7, 11) is -8.12. The molecule has 0 spiro atoms. The van der Waals surface area contributed by atoms with E-state index in [-0.39, 0.29) is 54.7 Å². The van der Waals surface area contributed by atoms with Gasteiger partial charge in [0, 0.05) is 30.5 Å². The molecular weight excluding hydrogens is 830 g/mol. The molecule has 23 nitrogen and oxygen atoms in total. The van der Waals surface area contributed by atoms with Crippen LogP contribution in [-0.4, -0.2) is 100 Å². The van der Waals surface area contributed by atoms with Gasteiger partial charge in [-0.1, -0.05) is 32.0 Å². The Morgan fingerprint density at radius 2 is 1.88 bits per heavy atom. The van der Waals surface area contributed by atoms with Gasteiger partial charge in [-0.25, -0.2) is 19.5 Å². The molecule has 5 N–H and O–H groups in total. The van der Waals surface area contributed by atoms with Gasteiger partial charge in [0.15, 0.2) is 17.4 Å². The SMILES string of the molecule is CC(C)C(=O)Nc1nc2c(ncn2[C@@H]2O[C@H](COP(=O)(OCCC#N)O[C@H]3C[C@H](n4ccc5c(NC(=O)c6ccccc6)ncnc54)O[C@@H]3CO)C[C@H]2O[PH](=O)O)c(=O)[nH]1. The molecular formula is C35H40N10O13P2. The summed E-state index contributed by atoms with van der Waals surface area (Å²) in [5.41, 5.74) is -0.0160. The van der Waals surface area contributed by atoms with Gasteiger partial charge in [0.05, 0.1) is 50.1 Å². The summed E-state index contributed by atoms with van der Waals surface area (Å²) >= 11 is 0. The summed E-state index contributed by atoms with van der Waals surface area (Å²) in [6, 6.07) is 12.2. The van der Waals surface area contributed by atoms with E-state index in [1.165, 1.54) is 17.2 Å². The van der Waals surface area contributed by atoms with Gasteiger partial charge in [0.25, 0.3) is 11.5 Å². The lowest BCUT2D eigenvalue weighted by molar-refractivity contribution is -0.118. The van der Waals surface area contributed by atoms with Crippen molar-refractivity contribution < 1.29 is 56.3 Å². The number of fused-ring (bicyclic) bond motifs is 2. The third kappa shape index (κ3) is 9.53. The number of phosphoric acid groups is 1. The molecule has 2 saturated heterocycles. The highest BCUT2D eigenvalue weighted by Crippen LogP contribution is 2.54. The van der Waals surface area contributed by atoms with Crippen LogP contribution in [0.4, 0.5) is 11.8 Å². The number of aliphatic hydroxyl groups excluding tert-OH is 1. The smallest absolute Gasteiger partial charge is 0.394 e. The predicted octanol–water partition coefficient (Wildman–Crippen LogP) is 3.19. The molecule has 1 aromatic carbocycles. The van der Waals surface area contributed by atoms with Crippen LogP contribution in [0.3, 0.4) is 0 Å². The maximum atomic E-state index is 14.2. The minimum atomic E-state index is -4.57. The summed E-state index contributed by atoms with van der Waals surface area (Å²) < 4.78 is 63.8. The number of benzene rings is 1. The second-order valence-electron chi connectivity index (χ2n) is 13.9. The number of aromatic amines is 1. The molecule has 2 fully saturated rings. The van der Waals surface area contributed by atoms with Crippen LogP contribution in [0, 0.1) is 17.2 Å². The number of nitriles is 1. The van der Waals surface area contributed by atoms with Gasteiger partial charge in [-0.2, -0.15) is 10.2 Å². The van der Waals surface area contributed by atoms with Crippen LogP contribution in [0.1, 0.15) is 55.9 Å². The standard InChI is InChI=1S/C35H40N10O13P2/c1-19(2)31(47)42-35-41-30-27(33(49)43-35)39-18-45(30)34-24(57-59(50)51)13-21(55-34)16-54-60(52,53-12-6-10-36)58-23-14-26(56-25(23)15-46)44-11-9-22-28(37-17-38-29(22)44)40-32(48)20-7-4-3-5-8-20/h3-5,7-9,11,17-19,21,23-26,34,46,59H,6,12-16H2,1-2H3,(H,50,51)(H,37,38,40,48)(H2,41,42,43,47,49)/t21-,23-,24+,25+,26+,34+,60?/m0/s1. The molecule has 7 rings (SSSR count). The second-order valence-corrected chi connectivity index (χ2v) is 16.3. The van der Waals surface area contributed by atoms with E-state index in [4.69, 9.17) is 32.8 Å². The molecule has 318 valence electrons. The molecule has 0 bridgehead atoms. The maximum Gasteiger partial charge on any atom is 0.475 e. The van der Waals surface area contributed by atoms with Crippen molar-refractivity contribution in [3.05, 3.63) is 71.2 Å². The Balaban J connectivity index is 1.07. The van der Waals surface area contributed by atoms with E-state index < -0.39 is 83.5 Å². The van der Waals surface area contributed by atoms with Crippen molar-refractivity contribution in [3.63, 3.8) is 0 Å². The molecule has 2 unspecified atom stereocenters. The zero-order valence-electron chi connectivity index (χ0n) is 31.9. The molecule has 0 saturated carbocycles. The fourth-order valence-electron chi connectivity index (χ4n) is 6.60. The number of aromatic nitrogens is 7. The number of hydrogen-bond acceptors (Lipinski definition) is 17. The number of carbonyl (C=O) groups is 2. The van der Waals surface area contributed by atoms with E-state index in [9.17, 15) is 33.5 Å². The number of phosphoric ester groups is 1. The summed E-state index contributed by atoms with van der Waals surface area (Å²) in [5, 5.41) is 25.2. The molecule has 5 aromatic rings. The van der Waals surface area contributed by atoms with E-state index >= 15 is 0 Å². The fraction of sp³-hybridized carbons (Fsp3) is 0.429. The van der Waals surface area contributed by atoms with Gasteiger partial charge < -0.3 is 33.9 Å². The van der Waals surface area contributed by atoms with Crippen molar-refractivity contribution in [2.45, 2.75) is 70.0 Å². The van der Waals surface area contributed by atoms with Crippen molar-refractivity contribution in [3.8, 4) is 6.07 Å². The van der Waals surface area contributed by atoms with E-state index in [0.717, 1.165) is 0 Å². The quantitative estimate of drug-likeness (QED) is 0.0662. The van der Waals surface area contributed by atoms with Gasteiger partial charge in [-0.3, -0.25) is 47.4 Å². The Labute approximate surface area is 340 Å². The summed E-state index contributed by atoms with van der Waals surface area (Å²) in [5.74, 6) is -1.14. The topological polar surface area (TPSA) is 306 Å². The van der Waals surface area contributed by atoms with Crippen LogP contribution < -0.4 is 16.2 Å². The van der Waals surface area contributed by atoms with Crippen LogP contribution in [0.15, 0.2) is 60.0 Å². The summed E-state index contributed by atoms with van der Waals surface area (Å²) in [6.07, 6.45) is -2.35. The highest BCUT2D eigenvalue weighted by atomic mass is 31.2. The van der Waals surface area contributed by atoms with Crippen LogP contribution >= 0.6 is 16.1 Å². The number of ether oxygens (including phenoxy) is 2. The van der Waals surface area contributed by atoms with Crippen molar-refractivity contribution >= 4 is 61.9 Å². The Bertz CT molecular complexity index is 2530. The summed E-state index contributed by atoms with van der Waals surface area (Å²) in [6.45, 7) is 1.91. The van der Waals surface area contributed by atoms with Crippen LogP contribution in [0.5, 0.6) is 0 Å². The van der Waals surface area contributed by atoms with Gasteiger partial charge in [-0.05, 0) is 18.2 Å². The molecule has 2 amide bonds. The number of aliphatic hydroxyl groups is 1. The Morgan fingerprint density at radius 1 is 1.08 bits per heavy atom. The largest absolute Gasteiger partial charge is 0.475 e. The molecule has 25 heteroatoms. The summed E-state index contributed by atoms with van der Waals surface area (Å²) in [4.78, 5) is 67.2. The number of hydrogen-bond donors (Lipinski definition) is 5. The minimum absolute atomic E-state index is 0.0157. The highest BCUT2D eigenvalue weighted by Gasteiger charge is 2.45. The number of amides is 2. The van der Waals surface area contributed by atoms with E-state index in [1.807, 2.05) is 6.07 Å². The zero-order chi connectivity index (χ0) is 42.6. The average Bonchev–Trinajstić information content (AvgIpc) is 4.03. The minimum Gasteiger partial charge on any atom is -0.394 e. The first-order valence-electron chi connectivity index (χ1n) is 18.6. The van der Waals surface area contributed by atoms with Gasteiger partial charge >= 0.3 is 16.1 Å². The van der Waals surface area contributed by atoms with Crippen LogP contribution in [-0.2, 0) is 41.5 Å². The van der Waals surface area contributed by atoms with E-state index in [2.05, 4.69) is 35.6 Å². The average molecular weight is 871 g/mol. The Kier molecular flexibility index (Phi) is 13.3. The van der Waals surface area contributed by atoms with Gasteiger partial charge in [0.1, 0.15) is 42.3 Å². The highest BCUT2D eigenvalue weighted by molar-refractivity contribution is 7.48. The monoisotopic (exact) mass is 870 g/mol. The molecule has 2 aliphatic heterocycles. The van der Waals surface area contributed by atoms with Crippen molar-refractivity contribution in [2.24, 2.45) is 5.92 Å². The fourth-order valence-corrected chi connectivity index (χ4v) is 8.48. The molecule has 6 heterocycles. The zero-order valence-corrected chi connectivity index (χ0v) is 33.8. The second kappa shape index (κ2) is 18.6. The van der Waals surface area contributed by atoms with Gasteiger partial charge in [-0.15, -0.1) is 0 Å². The Hall–Kier alpha value is -5.24. The first kappa shape index (κ1) is 42.9. The molecule has 8 atom stereocenters. The van der Waals surface area contributed by atoms with Crippen LogP contribution in [0.25, 0.3) is 22.2 Å². The van der Waals surface area contributed by atoms with Gasteiger partial charge in [0.2, 0.25) is 11.9 Å². The molecule has 0 aliphatic carbocycles. The third-order valence-corrected chi connectivity index (χ3v) is 11.5.